The second-order valence-corrected chi connectivity index (χ2v) is 6.29. The Morgan fingerprint density at radius 2 is 1.87 bits per heavy atom. The Balaban J connectivity index is 2.02. The number of hydrogen-bond acceptors (Lipinski definition) is 2. The third-order valence-electron chi connectivity index (χ3n) is 3.54. The van der Waals surface area contributed by atoms with E-state index in [9.17, 15) is 0 Å². The zero-order valence-electron chi connectivity index (χ0n) is 10.7. The molecular formula is C13H28N2. The van der Waals surface area contributed by atoms with E-state index in [2.05, 4.69) is 26.1 Å². The Labute approximate surface area is 95.0 Å². The van der Waals surface area contributed by atoms with Crippen LogP contribution in [0.4, 0.5) is 0 Å². The molecule has 0 saturated heterocycles. The lowest BCUT2D eigenvalue weighted by molar-refractivity contribution is 0.311. The van der Waals surface area contributed by atoms with Crippen molar-refractivity contribution >= 4 is 0 Å². The first kappa shape index (κ1) is 13.0. The molecule has 0 aromatic carbocycles. The maximum absolute atomic E-state index is 5.94. The molecule has 0 unspecified atom stereocenters. The van der Waals surface area contributed by atoms with Gasteiger partial charge in [-0.3, -0.25) is 0 Å². The van der Waals surface area contributed by atoms with Crippen molar-refractivity contribution in [2.45, 2.75) is 64.8 Å². The summed E-state index contributed by atoms with van der Waals surface area (Å²) in [6.07, 6.45) is 7.96. The minimum atomic E-state index is -0.00105. The smallest absolute Gasteiger partial charge is 0.00975 e. The maximum atomic E-state index is 5.94. The largest absolute Gasteiger partial charge is 0.326 e. The summed E-state index contributed by atoms with van der Waals surface area (Å²) in [5.74, 6) is 0. The second kappa shape index (κ2) is 5.31. The van der Waals surface area contributed by atoms with Gasteiger partial charge in [0.05, 0.1) is 0 Å². The van der Waals surface area contributed by atoms with Gasteiger partial charge >= 0.3 is 0 Å². The first-order valence-corrected chi connectivity index (χ1v) is 6.41. The van der Waals surface area contributed by atoms with Crippen molar-refractivity contribution < 1.29 is 0 Å². The van der Waals surface area contributed by atoms with Gasteiger partial charge in [0, 0.05) is 12.1 Å². The summed E-state index contributed by atoms with van der Waals surface area (Å²) in [5.41, 5.74) is 6.52. The highest BCUT2D eigenvalue weighted by Crippen LogP contribution is 2.36. The van der Waals surface area contributed by atoms with Gasteiger partial charge in [0.15, 0.2) is 0 Å². The first-order chi connectivity index (χ1) is 6.91. The van der Waals surface area contributed by atoms with Gasteiger partial charge in [0.2, 0.25) is 0 Å². The number of rotatable bonds is 6. The van der Waals surface area contributed by atoms with Crippen molar-refractivity contribution in [1.29, 1.82) is 0 Å². The van der Waals surface area contributed by atoms with Crippen LogP contribution in [0.5, 0.6) is 0 Å². The topological polar surface area (TPSA) is 38.0 Å². The lowest BCUT2D eigenvalue weighted by atomic mass is 9.89. The Kier molecular flexibility index (Phi) is 4.60. The highest BCUT2D eigenvalue weighted by atomic mass is 14.9. The summed E-state index contributed by atoms with van der Waals surface area (Å²) in [6, 6.07) is 0. The highest BCUT2D eigenvalue weighted by molar-refractivity contribution is 4.82. The molecule has 1 aliphatic rings. The van der Waals surface area contributed by atoms with Crippen molar-refractivity contribution in [3.63, 3.8) is 0 Å². The maximum Gasteiger partial charge on any atom is 0.00975 e. The van der Waals surface area contributed by atoms with E-state index >= 15 is 0 Å². The van der Waals surface area contributed by atoms with Crippen LogP contribution in [0.3, 0.4) is 0 Å². The zero-order valence-corrected chi connectivity index (χ0v) is 10.7. The summed E-state index contributed by atoms with van der Waals surface area (Å²) >= 11 is 0. The minimum Gasteiger partial charge on any atom is -0.326 e. The van der Waals surface area contributed by atoms with Gasteiger partial charge in [-0.25, -0.2) is 0 Å². The second-order valence-electron chi connectivity index (χ2n) is 6.29. The lowest BCUT2D eigenvalue weighted by Crippen LogP contribution is -2.34. The molecule has 1 fully saturated rings. The van der Waals surface area contributed by atoms with E-state index in [4.69, 9.17) is 5.73 Å². The van der Waals surface area contributed by atoms with Crippen LogP contribution < -0.4 is 11.1 Å². The predicted molar refractivity (Wildman–Crippen MR) is 66.9 cm³/mol. The quantitative estimate of drug-likeness (QED) is 0.664. The minimum absolute atomic E-state index is 0.00105. The van der Waals surface area contributed by atoms with E-state index in [1.165, 1.54) is 38.6 Å². The van der Waals surface area contributed by atoms with Crippen LogP contribution in [-0.4, -0.2) is 18.6 Å². The molecule has 90 valence electrons. The van der Waals surface area contributed by atoms with E-state index < -0.39 is 0 Å². The third-order valence-corrected chi connectivity index (χ3v) is 3.54. The molecule has 0 aliphatic heterocycles. The summed E-state index contributed by atoms with van der Waals surface area (Å²) in [7, 11) is 0. The zero-order chi connectivity index (χ0) is 11.4. The van der Waals surface area contributed by atoms with E-state index in [1.54, 1.807) is 0 Å². The molecule has 1 rings (SSSR count). The molecule has 2 nitrogen and oxygen atoms in total. The van der Waals surface area contributed by atoms with Gasteiger partial charge in [-0.1, -0.05) is 19.8 Å². The molecule has 3 N–H and O–H groups in total. The van der Waals surface area contributed by atoms with Gasteiger partial charge in [0.1, 0.15) is 0 Å². The van der Waals surface area contributed by atoms with Crippen LogP contribution in [0.15, 0.2) is 0 Å². The third kappa shape index (κ3) is 5.53. The van der Waals surface area contributed by atoms with Crippen LogP contribution >= 0.6 is 0 Å². The van der Waals surface area contributed by atoms with E-state index in [1.807, 2.05) is 0 Å². The number of nitrogens with one attached hydrogen (secondary N) is 1. The normalized spacial score (nSPS) is 20.8. The van der Waals surface area contributed by atoms with Crippen molar-refractivity contribution in [3.05, 3.63) is 0 Å². The molecule has 0 bridgehead atoms. The molecule has 1 aliphatic carbocycles. The van der Waals surface area contributed by atoms with E-state index in [-0.39, 0.29) is 5.54 Å². The molecule has 0 amide bonds. The summed E-state index contributed by atoms with van der Waals surface area (Å²) in [6.45, 7) is 8.94. The SMILES string of the molecule is CC(C)(N)CCCNCC1(C)CCCC1. The molecular weight excluding hydrogens is 184 g/mol. The number of hydrogen-bond donors (Lipinski definition) is 2. The summed E-state index contributed by atoms with van der Waals surface area (Å²) < 4.78 is 0. The molecule has 15 heavy (non-hydrogen) atoms. The Hall–Kier alpha value is -0.0800. The molecule has 0 spiro atoms. The van der Waals surface area contributed by atoms with Gasteiger partial charge in [-0.05, 0) is 51.5 Å². The van der Waals surface area contributed by atoms with Crippen molar-refractivity contribution in [2.75, 3.05) is 13.1 Å². The monoisotopic (exact) mass is 212 g/mol. The Morgan fingerprint density at radius 1 is 1.27 bits per heavy atom. The van der Waals surface area contributed by atoms with Gasteiger partial charge in [0.25, 0.3) is 0 Å². The standard InChI is InChI=1S/C13H28N2/c1-12(2,14)7-6-10-15-11-13(3)8-4-5-9-13/h15H,4-11,14H2,1-3H3. The molecule has 1 saturated carbocycles. The average Bonchev–Trinajstić information content (AvgIpc) is 2.50. The summed E-state index contributed by atoms with van der Waals surface area (Å²) in [4.78, 5) is 0. The molecule has 0 aromatic heterocycles. The first-order valence-electron chi connectivity index (χ1n) is 6.41. The fraction of sp³-hybridized carbons (Fsp3) is 1.00. The van der Waals surface area contributed by atoms with Crippen molar-refractivity contribution in [2.24, 2.45) is 11.1 Å². The van der Waals surface area contributed by atoms with Crippen LogP contribution in [0.25, 0.3) is 0 Å². The summed E-state index contributed by atoms with van der Waals surface area (Å²) in [5, 5.41) is 3.58. The van der Waals surface area contributed by atoms with Crippen LogP contribution in [0.2, 0.25) is 0 Å². The molecule has 0 heterocycles. The predicted octanol–water partition coefficient (Wildman–Crippen LogP) is 2.67. The van der Waals surface area contributed by atoms with Crippen molar-refractivity contribution in [1.82, 2.24) is 5.32 Å². The van der Waals surface area contributed by atoms with Crippen LogP contribution in [-0.2, 0) is 0 Å². The van der Waals surface area contributed by atoms with Gasteiger partial charge < -0.3 is 11.1 Å². The lowest BCUT2D eigenvalue weighted by Gasteiger charge is -2.24. The Morgan fingerprint density at radius 3 is 2.40 bits per heavy atom. The van der Waals surface area contributed by atoms with E-state index in [0.717, 1.165) is 13.0 Å². The molecule has 2 heteroatoms. The molecule has 0 aromatic rings. The molecule has 0 atom stereocenters. The fourth-order valence-corrected chi connectivity index (χ4v) is 2.46. The van der Waals surface area contributed by atoms with Crippen LogP contribution in [0.1, 0.15) is 59.3 Å². The van der Waals surface area contributed by atoms with E-state index in [0.29, 0.717) is 5.41 Å². The molecule has 0 radical (unpaired) electrons. The Bertz CT molecular complexity index is 175. The number of nitrogens with two attached hydrogens (primary N) is 1. The van der Waals surface area contributed by atoms with Gasteiger partial charge in [-0.15, -0.1) is 0 Å². The average molecular weight is 212 g/mol. The fourth-order valence-electron chi connectivity index (χ4n) is 2.46. The van der Waals surface area contributed by atoms with Crippen LogP contribution in [0, 0.1) is 5.41 Å². The van der Waals surface area contributed by atoms with Gasteiger partial charge in [-0.2, -0.15) is 0 Å². The van der Waals surface area contributed by atoms with Crippen molar-refractivity contribution in [3.8, 4) is 0 Å². The highest BCUT2D eigenvalue weighted by Gasteiger charge is 2.27.